The van der Waals surface area contributed by atoms with E-state index in [4.69, 9.17) is 5.11 Å². The minimum atomic E-state index is 0.306. The molecule has 0 aromatic heterocycles. The highest BCUT2D eigenvalue weighted by Crippen LogP contribution is 2.02. The van der Waals surface area contributed by atoms with Crippen molar-refractivity contribution in [2.24, 2.45) is 0 Å². The highest BCUT2D eigenvalue weighted by molar-refractivity contribution is 4.71. The fourth-order valence-corrected chi connectivity index (χ4v) is 0.913. The van der Waals surface area contributed by atoms with Gasteiger partial charge in [0, 0.05) is 6.04 Å². The molecule has 2 heteroatoms. The average Bonchev–Trinajstić information content (AvgIpc) is 2.43. The van der Waals surface area contributed by atoms with Crippen molar-refractivity contribution in [1.29, 1.82) is 0 Å². The number of nitrogens with one attached hydrogen (secondary N) is 1. The molecule has 0 unspecified atom stereocenters. The second kappa shape index (κ2) is 6.05. The largest absolute Gasteiger partial charge is 0.395 e. The summed E-state index contributed by atoms with van der Waals surface area (Å²) in [6.45, 7) is 5.39. The summed E-state index contributed by atoms with van der Waals surface area (Å²) >= 11 is 0. The van der Waals surface area contributed by atoms with Crippen molar-refractivity contribution in [1.82, 2.24) is 5.32 Å². The zero-order valence-electron chi connectivity index (χ0n) is 6.35. The molecule has 0 aromatic carbocycles. The van der Waals surface area contributed by atoms with Crippen LogP contribution in [0.25, 0.3) is 0 Å². The highest BCUT2D eigenvalue weighted by Gasteiger charge is 2.10. The Morgan fingerprint density at radius 2 is 2.22 bits per heavy atom. The molecule has 0 bridgehead atoms. The molecule has 0 amide bonds. The molecular formula is C7H17NO. The Labute approximate surface area is 57.3 Å². The Morgan fingerprint density at radius 1 is 1.56 bits per heavy atom. The van der Waals surface area contributed by atoms with E-state index in [0.29, 0.717) is 12.6 Å². The van der Waals surface area contributed by atoms with E-state index >= 15 is 0 Å². The Kier molecular flexibility index (Phi) is 5.99. The molecule has 56 valence electrons. The minimum Gasteiger partial charge on any atom is -0.395 e. The maximum absolute atomic E-state index is 8.50. The molecule has 0 saturated carbocycles. The van der Waals surface area contributed by atoms with Crippen molar-refractivity contribution in [3.63, 3.8) is 0 Å². The molecular weight excluding hydrogens is 114 g/mol. The zero-order chi connectivity index (χ0) is 7.11. The first-order chi connectivity index (χ1) is 4.43. The van der Waals surface area contributed by atoms with Crippen molar-refractivity contribution >= 4 is 0 Å². The van der Waals surface area contributed by atoms with Crippen LogP contribution in [0.3, 0.4) is 0 Å². The predicted molar refractivity (Wildman–Crippen MR) is 39.5 cm³/mol. The van der Waals surface area contributed by atoms with Crippen LogP contribution in [0.1, 0.15) is 26.7 Å². The zero-order valence-corrected chi connectivity index (χ0v) is 6.35. The van der Waals surface area contributed by atoms with Gasteiger partial charge in [0.25, 0.3) is 0 Å². The summed E-state index contributed by atoms with van der Waals surface area (Å²) in [5.74, 6) is 0. The van der Waals surface area contributed by atoms with Crippen LogP contribution >= 0.6 is 0 Å². The van der Waals surface area contributed by atoms with Gasteiger partial charge < -0.3 is 10.4 Å². The molecule has 0 spiro atoms. The maximum Gasteiger partial charge on any atom is 0.0584 e. The van der Waals surface area contributed by atoms with Crippen LogP contribution < -0.4 is 5.32 Å². The molecule has 0 aliphatic carbocycles. The number of aliphatic hydroxyl groups is 1. The summed E-state index contributed by atoms with van der Waals surface area (Å²) < 4.78 is 0. The first-order valence-electron chi connectivity index (χ1n) is 3.77. The van der Waals surface area contributed by atoms with Crippen LogP contribution in [0.2, 0.25) is 0 Å². The quantitative estimate of drug-likeness (QED) is 0.550. The third-order valence-corrected chi connectivity index (χ3v) is 1.38. The van der Waals surface area contributed by atoms with Crippen molar-refractivity contribution in [3.05, 3.63) is 0 Å². The lowest BCUT2D eigenvalue weighted by atomic mass is 10.2. The van der Waals surface area contributed by atoms with Gasteiger partial charge in [0.2, 0.25) is 0 Å². The fraction of sp³-hybridized carbons (Fsp3) is 1.00. The Hall–Kier alpha value is -0.0800. The van der Waals surface area contributed by atoms with E-state index in [9.17, 15) is 0 Å². The first-order valence-corrected chi connectivity index (χ1v) is 3.77. The van der Waals surface area contributed by atoms with Gasteiger partial charge in [-0.25, -0.2) is 0 Å². The molecule has 2 nitrogen and oxygen atoms in total. The van der Waals surface area contributed by atoms with Crippen LogP contribution in [0.4, 0.5) is 0 Å². The predicted octanol–water partition coefficient (Wildman–Crippen LogP) is 0.757. The van der Waals surface area contributed by atoms with E-state index in [2.05, 4.69) is 5.32 Å². The van der Waals surface area contributed by atoms with Crippen molar-refractivity contribution in [2.45, 2.75) is 32.7 Å². The number of aliphatic hydroxyl groups excluding tert-OH is 1. The van der Waals surface area contributed by atoms with Crippen LogP contribution in [0.15, 0.2) is 0 Å². The standard InChI is InChI=1S/C5H11NO.C2H6/c7-4-5-2-1-3-6-5;1-2/h5-7H,1-4H2;1-2H3/t5-;/m1./s1. The van der Waals surface area contributed by atoms with Crippen LogP contribution in [-0.4, -0.2) is 24.3 Å². The van der Waals surface area contributed by atoms with Gasteiger partial charge in [-0.1, -0.05) is 13.8 Å². The molecule has 1 aliphatic heterocycles. The second-order valence-corrected chi connectivity index (χ2v) is 1.98. The molecule has 1 atom stereocenters. The van der Waals surface area contributed by atoms with Crippen molar-refractivity contribution < 1.29 is 5.11 Å². The first kappa shape index (κ1) is 8.92. The van der Waals surface area contributed by atoms with Gasteiger partial charge in [-0.3, -0.25) is 0 Å². The lowest BCUT2D eigenvalue weighted by Crippen LogP contribution is -2.24. The third-order valence-electron chi connectivity index (χ3n) is 1.38. The molecule has 0 aromatic rings. The number of hydrogen-bond acceptors (Lipinski definition) is 2. The Balaban J connectivity index is 0.000000291. The van der Waals surface area contributed by atoms with Gasteiger partial charge in [0.15, 0.2) is 0 Å². The average molecular weight is 131 g/mol. The van der Waals surface area contributed by atoms with Gasteiger partial charge >= 0.3 is 0 Å². The lowest BCUT2D eigenvalue weighted by Gasteiger charge is -2.01. The molecule has 1 saturated heterocycles. The minimum absolute atomic E-state index is 0.306. The van der Waals surface area contributed by atoms with E-state index in [1.807, 2.05) is 13.8 Å². The third kappa shape index (κ3) is 3.49. The molecule has 2 N–H and O–H groups in total. The summed E-state index contributed by atoms with van der Waals surface area (Å²) in [6, 6.07) is 0.403. The molecule has 1 fully saturated rings. The number of rotatable bonds is 1. The van der Waals surface area contributed by atoms with E-state index in [-0.39, 0.29) is 0 Å². The highest BCUT2D eigenvalue weighted by atomic mass is 16.3. The van der Waals surface area contributed by atoms with Gasteiger partial charge in [0.1, 0.15) is 0 Å². The maximum atomic E-state index is 8.50. The summed E-state index contributed by atoms with van der Waals surface area (Å²) in [5.41, 5.74) is 0. The molecule has 1 aliphatic rings. The van der Waals surface area contributed by atoms with E-state index in [0.717, 1.165) is 13.0 Å². The van der Waals surface area contributed by atoms with Gasteiger partial charge in [-0.15, -0.1) is 0 Å². The Morgan fingerprint density at radius 3 is 2.44 bits per heavy atom. The van der Waals surface area contributed by atoms with Crippen LogP contribution in [-0.2, 0) is 0 Å². The summed E-state index contributed by atoms with van der Waals surface area (Å²) in [7, 11) is 0. The summed E-state index contributed by atoms with van der Waals surface area (Å²) in [6.07, 6.45) is 2.38. The topological polar surface area (TPSA) is 32.3 Å². The van der Waals surface area contributed by atoms with E-state index in [1.165, 1.54) is 6.42 Å². The molecule has 9 heavy (non-hydrogen) atoms. The van der Waals surface area contributed by atoms with Gasteiger partial charge in [-0.05, 0) is 19.4 Å². The van der Waals surface area contributed by atoms with E-state index in [1.54, 1.807) is 0 Å². The monoisotopic (exact) mass is 131 g/mol. The summed E-state index contributed by atoms with van der Waals surface area (Å²) in [4.78, 5) is 0. The van der Waals surface area contributed by atoms with Crippen molar-refractivity contribution in [3.8, 4) is 0 Å². The van der Waals surface area contributed by atoms with Gasteiger partial charge in [0.05, 0.1) is 6.61 Å². The fourth-order valence-electron chi connectivity index (χ4n) is 0.913. The molecule has 1 heterocycles. The second-order valence-electron chi connectivity index (χ2n) is 1.98. The van der Waals surface area contributed by atoms with Crippen LogP contribution in [0.5, 0.6) is 0 Å². The Bertz CT molecular complexity index is 50.9. The lowest BCUT2D eigenvalue weighted by molar-refractivity contribution is 0.255. The van der Waals surface area contributed by atoms with Crippen LogP contribution in [0, 0.1) is 0 Å². The molecule has 1 rings (SSSR count). The van der Waals surface area contributed by atoms with E-state index < -0.39 is 0 Å². The SMILES string of the molecule is CC.OC[C@H]1CCCN1. The van der Waals surface area contributed by atoms with Crippen molar-refractivity contribution in [2.75, 3.05) is 13.2 Å². The number of hydrogen-bond donors (Lipinski definition) is 2. The van der Waals surface area contributed by atoms with Gasteiger partial charge in [-0.2, -0.15) is 0 Å². The normalized spacial score (nSPS) is 25.0. The smallest absolute Gasteiger partial charge is 0.0584 e. The molecule has 0 radical (unpaired) electrons. The summed E-state index contributed by atoms with van der Waals surface area (Å²) in [5, 5.41) is 11.7.